The molecule has 0 spiro atoms. The molecule has 1 heterocycles. The largest absolute Gasteiger partial charge is 0.301 e. The molecule has 5 aliphatic rings. The Labute approximate surface area is 112 Å². The molecule has 4 saturated carbocycles. The van der Waals surface area contributed by atoms with E-state index in [4.69, 9.17) is 0 Å². The van der Waals surface area contributed by atoms with Gasteiger partial charge in [-0.1, -0.05) is 6.92 Å². The van der Waals surface area contributed by atoms with Gasteiger partial charge in [-0.15, -0.1) is 0 Å². The molecule has 5 fully saturated rings. The third-order valence-electron chi connectivity index (χ3n) is 6.45. The molecule has 1 saturated heterocycles. The smallest absolute Gasteiger partial charge is 0.0153 e. The molecule has 0 N–H and O–H groups in total. The van der Waals surface area contributed by atoms with Crippen LogP contribution in [0.1, 0.15) is 39.0 Å². The highest BCUT2D eigenvalue weighted by atomic mass is 15.3. The van der Waals surface area contributed by atoms with Crippen LogP contribution in [0, 0.1) is 23.7 Å². The highest BCUT2D eigenvalue weighted by molar-refractivity contribution is 5.02. The van der Waals surface area contributed by atoms with Gasteiger partial charge in [0.15, 0.2) is 0 Å². The Kier molecular flexibility index (Phi) is 2.92. The predicted octanol–water partition coefficient (Wildman–Crippen LogP) is 2.45. The maximum atomic E-state index is 2.89. The Morgan fingerprint density at radius 3 is 1.83 bits per heavy atom. The first-order valence-corrected chi connectivity index (χ1v) is 8.30. The summed E-state index contributed by atoms with van der Waals surface area (Å²) in [5, 5.41) is 0. The lowest BCUT2D eigenvalue weighted by atomic mass is 9.54. The van der Waals surface area contributed by atoms with E-state index in [1.165, 1.54) is 32.7 Å². The molecule has 2 heteroatoms. The van der Waals surface area contributed by atoms with Crippen molar-refractivity contribution in [1.82, 2.24) is 9.80 Å². The van der Waals surface area contributed by atoms with Crippen molar-refractivity contribution >= 4 is 0 Å². The molecular weight excluding hydrogens is 220 g/mol. The van der Waals surface area contributed by atoms with Crippen LogP contribution in [0.5, 0.6) is 0 Å². The van der Waals surface area contributed by atoms with Crippen molar-refractivity contribution in [3.63, 3.8) is 0 Å². The average Bonchev–Trinajstić information content (AvgIpc) is 2.38. The first-order chi connectivity index (χ1) is 8.83. The van der Waals surface area contributed by atoms with E-state index in [2.05, 4.69) is 16.7 Å². The van der Waals surface area contributed by atoms with Crippen LogP contribution in [-0.2, 0) is 0 Å². The van der Waals surface area contributed by atoms with E-state index in [1.807, 2.05) is 0 Å². The fraction of sp³-hybridized carbons (Fsp3) is 1.00. The maximum absolute atomic E-state index is 2.89. The standard InChI is InChI=1S/C16H28N2/c1-2-17-3-5-18(6-4-17)16-14-8-12-7-13(10-14)11-15(16)9-12/h12-16H,2-11H2,1H3. The highest BCUT2D eigenvalue weighted by Crippen LogP contribution is 2.55. The molecule has 5 rings (SSSR count). The number of piperazine rings is 1. The summed E-state index contributed by atoms with van der Waals surface area (Å²) in [6.07, 6.45) is 7.89. The van der Waals surface area contributed by atoms with Gasteiger partial charge in [0.05, 0.1) is 0 Å². The van der Waals surface area contributed by atoms with Gasteiger partial charge in [-0.3, -0.25) is 4.90 Å². The summed E-state index contributed by atoms with van der Waals surface area (Å²) in [5.74, 6) is 4.41. The minimum atomic E-state index is 0.983. The lowest BCUT2D eigenvalue weighted by molar-refractivity contribution is -0.0760. The zero-order valence-electron chi connectivity index (χ0n) is 11.9. The van der Waals surface area contributed by atoms with Crippen molar-refractivity contribution in [2.75, 3.05) is 32.7 Å². The van der Waals surface area contributed by atoms with Crippen LogP contribution in [0.25, 0.3) is 0 Å². The van der Waals surface area contributed by atoms with Gasteiger partial charge in [-0.2, -0.15) is 0 Å². The first-order valence-electron chi connectivity index (χ1n) is 8.30. The van der Waals surface area contributed by atoms with E-state index in [-0.39, 0.29) is 0 Å². The fourth-order valence-corrected chi connectivity index (χ4v) is 5.87. The molecule has 0 atom stereocenters. The van der Waals surface area contributed by atoms with Crippen molar-refractivity contribution in [3.8, 4) is 0 Å². The molecule has 18 heavy (non-hydrogen) atoms. The first kappa shape index (κ1) is 11.7. The number of likely N-dealkylation sites (N-methyl/N-ethyl adjacent to an activating group) is 1. The van der Waals surface area contributed by atoms with Crippen LogP contribution in [0.15, 0.2) is 0 Å². The molecule has 0 amide bonds. The van der Waals surface area contributed by atoms with E-state index in [1.54, 1.807) is 32.1 Å². The SMILES string of the molecule is CCN1CCN(C2C3CC4CC(C3)CC2C4)CC1. The Bertz CT molecular complexity index is 278. The Morgan fingerprint density at radius 2 is 1.33 bits per heavy atom. The van der Waals surface area contributed by atoms with Crippen LogP contribution in [0.2, 0.25) is 0 Å². The minimum absolute atomic E-state index is 0.983. The number of hydrogen-bond acceptors (Lipinski definition) is 2. The van der Waals surface area contributed by atoms with E-state index in [0.717, 1.165) is 29.7 Å². The predicted molar refractivity (Wildman–Crippen MR) is 74.5 cm³/mol. The van der Waals surface area contributed by atoms with Crippen LogP contribution < -0.4 is 0 Å². The van der Waals surface area contributed by atoms with Gasteiger partial charge < -0.3 is 4.90 Å². The van der Waals surface area contributed by atoms with Gasteiger partial charge in [0.2, 0.25) is 0 Å². The van der Waals surface area contributed by atoms with E-state index in [0.29, 0.717) is 0 Å². The van der Waals surface area contributed by atoms with Gasteiger partial charge in [0, 0.05) is 32.2 Å². The number of nitrogens with zero attached hydrogens (tertiary/aromatic N) is 2. The Morgan fingerprint density at radius 1 is 0.778 bits per heavy atom. The highest BCUT2D eigenvalue weighted by Gasteiger charge is 2.50. The lowest BCUT2D eigenvalue weighted by Crippen LogP contribution is -2.60. The molecule has 1 aliphatic heterocycles. The zero-order valence-corrected chi connectivity index (χ0v) is 11.9. The molecule has 4 bridgehead atoms. The number of hydrogen-bond donors (Lipinski definition) is 0. The van der Waals surface area contributed by atoms with Crippen molar-refractivity contribution < 1.29 is 0 Å². The summed E-state index contributed by atoms with van der Waals surface area (Å²) >= 11 is 0. The monoisotopic (exact) mass is 248 g/mol. The lowest BCUT2D eigenvalue weighted by Gasteiger charge is -2.58. The third-order valence-corrected chi connectivity index (χ3v) is 6.45. The van der Waals surface area contributed by atoms with Crippen LogP contribution in [0.4, 0.5) is 0 Å². The molecule has 0 radical (unpaired) electrons. The van der Waals surface area contributed by atoms with E-state index in [9.17, 15) is 0 Å². The molecule has 0 aromatic heterocycles. The van der Waals surface area contributed by atoms with Gasteiger partial charge >= 0.3 is 0 Å². The summed E-state index contributed by atoms with van der Waals surface area (Å²) in [7, 11) is 0. The van der Waals surface area contributed by atoms with Gasteiger partial charge in [0.25, 0.3) is 0 Å². The third kappa shape index (κ3) is 1.84. The molecule has 0 aromatic carbocycles. The summed E-state index contributed by atoms with van der Waals surface area (Å²) in [6, 6.07) is 0.983. The molecule has 2 nitrogen and oxygen atoms in total. The fourth-order valence-electron chi connectivity index (χ4n) is 5.87. The molecule has 4 aliphatic carbocycles. The van der Waals surface area contributed by atoms with Crippen molar-refractivity contribution in [2.45, 2.75) is 45.1 Å². The van der Waals surface area contributed by atoms with Gasteiger partial charge in [-0.05, 0) is 62.3 Å². The molecule has 102 valence electrons. The second kappa shape index (κ2) is 4.49. The van der Waals surface area contributed by atoms with Gasteiger partial charge in [-0.25, -0.2) is 0 Å². The van der Waals surface area contributed by atoms with E-state index < -0.39 is 0 Å². The van der Waals surface area contributed by atoms with Crippen LogP contribution in [0.3, 0.4) is 0 Å². The molecule has 0 aromatic rings. The zero-order chi connectivity index (χ0) is 12.1. The van der Waals surface area contributed by atoms with E-state index >= 15 is 0 Å². The maximum Gasteiger partial charge on any atom is 0.0153 e. The van der Waals surface area contributed by atoms with Crippen molar-refractivity contribution in [1.29, 1.82) is 0 Å². The Hall–Kier alpha value is -0.0800. The second-order valence-electron chi connectivity index (χ2n) is 7.39. The average molecular weight is 248 g/mol. The van der Waals surface area contributed by atoms with Gasteiger partial charge in [0.1, 0.15) is 0 Å². The van der Waals surface area contributed by atoms with Crippen molar-refractivity contribution in [3.05, 3.63) is 0 Å². The quantitative estimate of drug-likeness (QED) is 0.740. The number of rotatable bonds is 2. The summed E-state index contributed by atoms with van der Waals surface area (Å²) in [5.41, 5.74) is 0. The molecule has 0 unspecified atom stereocenters. The summed E-state index contributed by atoms with van der Waals surface area (Å²) in [4.78, 5) is 5.51. The summed E-state index contributed by atoms with van der Waals surface area (Å²) in [6.45, 7) is 8.88. The topological polar surface area (TPSA) is 6.48 Å². The Balaban J connectivity index is 1.46. The second-order valence-corrected chi connectivity index (χ2v) is 7.39. The van der Waals surface area contributed by atoms with Crippen molar-refractivity contribution in [2.24, 2.45) is 23.7 Å². The molecular formula is C16H28N2. The normalized spacial score (nSPS) is 48.8. The van der Waals surface area contributed by atoms with Crippen LogP contribution >= 0.6 is 0 Å². The minimum Gasteiger partial charge on any atom is -0.301 e. The summed E-state index contributed by atoms with van der Waals surface area (Å²) < 4.78 is 0. The van der Waals surface area contributed by atoms with Crippen LogP contribution in [-0.4, -0.2) is 48.6 Å².